The number of rotatable bonds is 10. The summed E-state index contributed by atoms with van der Waals surface area (Å²) in [6, 6.07) is 12.9. The van der Waals surface area contributed by atoms with Crippen LogP contribution in [0.1, 0.15) is 37.0 Å². The highest BCUT2D eigenvalue weighted by atomic mass is 35.5. The summed E-state index contributed by atoms with van der Waals surface area (Å²) in [5.74, 6) is 0.676. The summed E-state index contributed by atoms with van der Waals surface area (Å²) >= 11 is 13.7. The lowest BCUT2D eigenvalue weighted by Crippen LogP contribution is -2.49. The van der Waals surface area contributed by atoms with E-state index in [9.17, 15) is 9.59 Å². The number of hydrogen-bond donors (Lipinski definition) is 1. The predicted octanol–water partition coefficient (Wildman–Crippen LogP) is 5.48. The van der Waals surface area contributed by atoms with Gasteiger partial charge in [-0.25, -0.2) is 0 Å². The molecule has 162 valence electrons. The van der Waals surface area contributed by atoms with Crippen LogP contribution in [0.4, 0.5) is 0 Å². The van der Waals surface area contributed by atoms with E-state index in [1.807, 2.05) is 51.1 Å². The molecule has 0 aliphatic rings. The van der Waals surface area contributed by atoms with Crippen LogP contribution < -0.4 is 5.32 Å². The average Bonchev–Trinajstić information content (AvgIpc) is 2.69. The number of nitrogens with zero attached hydrogens (tertiary/aromatic N) is 1. The highest BCUT2D eigenvalue weighted by molar-refractivity contribution is 7.99. The molecule has 0 radical (unpaired) electrons. The van der Waals surface area contributed by atoms with Gasteiger partial charge in [0, 0.05) is 28.9 Å². The maximum absolute atomic E-state index is 13.1. The number of halogens is 2. The molecule has 1 N–H and O–H groups in total. The van der Waals surface area contributed by atoms with Gasteiger partial charge in [-0.15, -0.1) is 11.8 Å². The molecule has 0 saturated heterocycles. The number of likely N-dealkylation sites (N-methyl/N-ethyl adjacent to an activating group) is 1. The van der Waals surface area contributed by atoms with E-state index in [1.165, 1.54) is 11.8 Å². The van der Waals surface area contributed by atoms with Crippen molar-refractivity contribution < 1.29 is 9.59 Å². The maximum atomic E-state index is 13.1. The van der Waals surface area contributed by atoms with Crippen molar-refractivity contribution in [2.45, 2.75) is 45.5 Å². The van der Waals surface area contributed by atoms with E-state index in [0.29, 0.717) is 35.3 Å². The highest BCUT2D eigenvalue weighted by Crippen LogP contribution is 2.25. The molecular formula is C23H28Cl2N2O2S. The topological polar surface area (TPSA) is 49.4 Å². The molecule has 0 saturated carbocycles. The summed E-state index contributed by atoms with van der Waals surface area (Å²) in [7, 11) is 0. The molecule has 30 heavy (non-hydrogen) atoms. The second kappa shape index (κ2) is 12.2. The van der Waals surface area contributed by atoms with E-state index in [0.717, 1.165) is 16.7 Å². The van der Waals surface area contributed by atoms with Gasteiger partial charge in [0.05, 0.1) is 5.75 Å². The van der Waals surface area contributed by atoms with Crippen molar-refractivity contribution in [1.82, 2.24) is 10.2 Å². The predicted molar refractivity (Wildman–Crippen MR) is 127 cm³/mol. The summed E-state index contributed by atoms with van der Waals surface area (Å²) in [4.78, 5) is 27.4. The van der Waals surface area contributed by atoms with Crippen LogP contribution in [-0.4, -0.2) is 35.1 Å². The molecule has 1 atom stereocenters. The minimum Gasteiger partial charge on any atom is -0.355 e. The van der Waals surface area contributed by atoms with Gasteiger partial charge < -0.3 is 10.2 Å². The van der Waals surface area contributed by atoms with E-state index in [2.05, 4.69) is 5.32 Å². The Hall–Kier alpha value is -1.69. The molecule has 0 unspecified atom stereocenters. The number of thioether (sulfide) groups is 1. The van der Waals surface area contributed by atoms with E-state index in [4.69, 9.17) is 23.2 Å². The van der Waals surface area contributed by atoms with Gasteiger partial charge in [0.15, 0.2) is 0 Å². The van der Waals surface area contributed by atoms with Crippen LogP contribution >= 0.6 is 35.0 Å². The highest BCUT2D eigenvalue weighted by Gasteiger charge is 2.28. The Morgan fingerprint density at radius 2 is 1.90 bits per heavy atom. The van der Waals surface area contributed by atoms with Gasteiger partial charge in [0.1, 0.15) is 6.04 Å². The molecular weight excluding hydrogens is 439 g/mol. The molecule has 0 aliphatic carbocycles. The third kappa shape index (κ3) is 7.22. The SMILES string of the molecule is CCNC(=O)[C@@H](CC)N(Cc1cccc(C)c1)C(=O)CSCc1ccc(Cl)cc1Cl. The van der Waals surface area contributed by atoms with Crippen LogP contribution in [0.3, 0.4) is 0 Å². The zero-order valence-electron chi connectivity index (χ0n) is 17.6. The van der Waals surface area contributed by atoms with Crippen molar-refractivity contribution in [3.05, 3.63) is 69.2 Å². The number of amides is 2. The lowest BCUT2D eigenvalue weighted by molar-refractivity contribution is -0.139. The van der Waals surface area contributed by atoms with Crippen LogP contribution in [-0.2, 0) is 21.9 Å². The van der Waals surface area contributed by atoms with Gasteiger partial charge in [0.2, 0.25) is 11.8 Å². The lowest BCUT2D eigenvalue weighted by Gasteiger charge is -2.30. The fourth-order valence-electron chi connectivity index (χ4n) is 3.19. The second-order valence-electron chi connectivity index (χ2n) is 7.06. The standard InChI is InChI=1S/C23H28Cl2N2O2S/c1-4-21(23(29)26-5-2)27(13-17-8-6-7-16(3)11-17)22(28)15-30-14-18-9-10-19(24)12-20(18)25/h6-12,21H,4-5,13-15H2,1-3H3,(H,26,29)/t21-/m1/s1. The van der Waals surface area contributed by atoms with E-state index < -0.39 is 6.04 Å². The smallest absolute Gasteiger partial charge is 0.242 e. The zero-order valence-corrected chi connectivity index (χ0v) is 19.9. The summed E-state index contributed by atoms with van der Waals surface area (Å²) in [6.45, 7) is 6.76. The third-order valence-corrected chi connectivity index (χ3v) is 6.22. The first-order valence-electron chi connectivity index (χ1n) is 10.00. The van der Waals surface area contributed by atoms with Gasteiger partial charge >= 0.3 is 0 Å². The number of carbonyl (C=O) groups is 2. The molecule has 0 bridgehead atoms. The van der Waals surface area contributed by atoms with Gasteiger partial charge in [-0.2, -0.15) is 0 Å². The summed E-state index contributed by atoms with van der Waals surface area (Å²) in [5.41, 5.74) is 3.06. The summed E-state index contributed by atoms with van der Waals surface area (Å²) in [5, 5.41) is 4.03. The van der Waals surface area contributed by atoms with Crippen molar-refractivity contribution in [2.75, 3.05) is 12.3 Å². The molecule has 2 aromatic rings. The monoisotopic (exact) mass is 466 g/mol. The molecule has 0 aliphatic heterocycles. The Balaban J connectivity index is 2.12. The largest absolute Gasteiger partial charge is 0.355 e. The Labute approximate surface area is 193 Å². The van der Waals surface area contributed by atoms with E-state index >= 15 is 0 Å². The molecule has 7 heteroatoms. The van der Waals surface area contributed by atoms with Gasteiger partial charge in [0.25, 0.3) is 0 Å². The molecule has 2 amide bonds. The van der Waals surface area contributed by atoms with Crippen LogP contribution in [0.15, 0.2) is 42.5 Å². The van der Waals surface area contributed by atoms with E-state index in [-0.39, 0.29) is 17.6 Å². The first kappa shape index (κ1) is 24.6. The van der Waals surface area contributed by atoms with Crippen molar-refractivity contribution in [3.8, 4) is 0 Å². The zero-order chi connectivity index (χ0) is 22.1. The number of hydrogen-bond acceptors (Lipinski definition) is 3. The second-order valence-corrected chi connectivity index (χ2v) is 8.89. The quantitative estimate of drug-likeness (QED) is 0.504. The normalized spacial score (nSPS) is 11.8. The third-order valence-electron chi connectivity index (χ3n) is 4.67. The van der Waals surface area contributed by atoms with Crippen molar-refractivity contribution >= 4 is 46.8 Å². The molecule has 4 nitrogen and oxygen atoms in total. The number of carbonyl (C=O) groups excluding carboxylic acids is 2. The fourth-order valence-corrected chi connectivity index (χ4v) is 4.66. The fraction of sp³-hybridized carbons (Fsp3) is 0.391. The van der Waals surface area contributed by atoms with Crippen molar-refractivity contribution in [2.24, 2.45) is 0 Å². The molecule has 0 spiro atoms. The first-order chi connectivity index (χ1) is 14.3. The lowest BCUT2D eigenvalue weighted by atomic mass is 10.1. The summed E-state index contributed by atoms with van der Waals surface area (Å²) < 4.78 is 0. The molecule has 0 aromatic heterocycles. The number of benzene rings is 2. The van der Waals surface area contributed by atoms with Gasteiger partial charge in [-0.1, -0.05) is 66.0 Å². The Morgan fingerprint density at radius 1 is 1.13 bits per heavy atom. The first-order valence-corrected chi connectivity index (χ1v) is 11.9. The van der Waals surface area contributed by atoms with Crippen molar-refractivity contribution in [3.63, 3.8) is 0 Å². The minimum absolute atomic E-state index is 0.0651. The Bertz CT molecular complexity index is 876. The molecule has 0 heterocycles. The Morgan fingerprint density at radius 3 is 2.53 bits per heavy atom. The van der Waals surface area contributed by atoms with Gasteiger partial charge in [-0.3, -0.25) is 9.59 Å². The van der Waals surface area contributed by atoms with Crippen molar-refractivity contribution in [1.29, 1.82) is 0 Å². The minimum atomic E-state index is -0.502. The number of nitrogens with one attached hydrogen (secondary N) is 1. The summed E-state index contributed by atoms with van der Waals surface area (Å²) in [6.07, 6.45) is 0.553. The molecule has 2 rings (SSSR count). The number of aryl methyl sites for hydroxylation is 1. The average molecular weight is 467 g/mol. The Kier molecular flexibility index (Phi) is 10.0. The van der Waals surface area contributed by atoms with Crippen LogP contribution in [0.2, 0.25) is 10.0 Å². The van der Waals surface area contributed by atoms with Gasteiger partial charge in [-0.05, 0) is 43.5 Å². The molecule has 2 aromatic carbocycles. The van der Waals surface area contributed by atoms with Crippen LogP contribution in [0.25, 0.3) is 0 Å². The maximum Gasteiger partial charge on any atom is 0.242 e. The molecule has 0 fully saturated rings. The van der Waals surface area contributed by atoms with Crippen LogP contribution in [0.5, 0.6) is 0 Å². The van der Waals surface area contributed by atoms with Crippen LogP contribution in [0, 0.1) is 6.92 Å². The van der Waals surface area contributed by atoms with E-state index in [1.54, 1.807) is 17.0 Å².